The van der Waals surface area contributed by atoms with Gasteiger partial charge in [0.25, 0.3) is 0 Å². The van der Waals surface area contributed by atoms with E-state index < -0.39 is 0 Å². The van der Waals surface area contributed by atoms with Gasteiger partial charge in [0.2, 0.25) is 5.91 Å². The van der Waals surface area contributed by atoms with Crippen LogP contribution in [0.3, 0.4) is 0 Å². The molecule has 3 aromatic rings. The van der Waals surface area contributed by atoms with E-state index in [1.54, 1.807) is 11.8 Å². The minimum atomic E-state index is -0.235. The molecule has 0 saturated carbocycles. The fraction of sp³-hybridized carbons (Fsp3) is 0.222. The molecule has 0 aliphatic carbocycles. The van der Waals surface area contributed by atoms with E-state index in [-0.39, 0.29) is 17.3 Å². The molecule has 0 N–H and O–H groups in total. The molecule has 4 heteroatoms. The van der Waals surface area contributed by atoms with Gasteiger partial charge in [-0.25, -0.2) is 0 Å². The van der Waals surface area contributed by atoms with Gasteiger partial charge in [0, 0.05) is 6.54 Å². The summed E-state index contributed by atoms with van der Waals surface area (Å²) in [5, 5.41) is -0.235. The molecule has 0 aromatic heterocycles. The normalized spacial score (nSPS) is 16.7. The second-order valence-corrected chi connectivity index (χ2v) is 9.06. The molecule has 1 atom stereocenters. The molecule has 3 aromatic carbocycles. The fourth-order valence-electron chi connectivity index (χ4n) is 3.77. The average Bonchev–Trinajstić information content (AvgIpc) is 2.80. The van der Waals surface area contributed by atoms with Crippen LogP contribution in [0, 0.1) is 6.92 Å². The van der Waals surface area contributed by atoms with Crippen LogP contribution in [0.5, 0.6) is 0 Å². The number of carbonyl (C=O) groups excluding carboxylic acids is 1. The molecule has 0 spiro atoms. The highest BCUT2D eigenvalue weighted by Crippen LogP contribution is 2.40. The summed E-state index contributed by atoms with van der Waals surface area (Å²) < 4.78 is 6.33. The molecule has 4 rings (SSSR count). The Bertz CT molecular complexity index is 979. The Balaban J connectivity index is 1.45. The number of benzene rings is 3. The molecule has 0 radical (unpaired) electrons. The SMILES string of the molecule is C=C1CN(CCOC(c2ccccc2)c2ccccc2)C(=O)C(c2ccc(C)cc2)S1. The number of aryl methyl sites for hydroxylation is 1. The molecule has 3 nitrogen and oxygen atoms in total. The van der Waals surface area contributed by atoms with Crippen molar-refractivity contribution in [3.63, 3.8) is 0 Å². The first-order valence-corrected chi connectivity index (χ1v) is 11.4. The molecule has 1 saturated heterocycles. The molecule has 1 fully saturated rings. The standard InChI is InChI=1S/C27H27NO2S/c1-20-13-15-24(16-14-20)26-27(29)28(19-21(2)31-26)17-18-30-25(22-9-5-3-6-10-22)23-11-7-4-8-12-23/h3-16,25-26H,2,17-19H2,1H3. The number of ether oxygens (including phenoxy) is 1. The van der Waals surface area contributed by atoms with Crippen LogP contribution in [0.4, 0.5) is 0 Å². The van der Waals surface area contributed by atoms with Crippen molar-refractivity contribution in [1.29, 1.82) is 0 Å². The smallest absolute Gasteiger partial charge is 0.240 e. The highest BCUT2D eigenvalue weighted by atomic mass is 32.2. The molecule has 158 valence electrons. The Morgan fingerprint density at radius 1 is 0.968 bits per heavy atom. The van der Waals surface area contributed by atoms with Crippen LogP contribution in [0.2, 0.25) is 0 Å². The summed E-state index contributed by atoms with van der Waals surface area (Å²) in [6.45, 7) is 7.77. The summed E-state index contributed by atoms with van der Waals surface area (Å²) in [6, 6.07) is 28.6. The molecule has 1 aliphatic rings. The summed E-state index contributed by atoms with van der Waals surface area (Å²) in [4.78, 5) is 16.1. The third-order valence-corrected chi connectivity index (χ3v) is 6.59. The number of thioether (sulfide) groups is 1. The van der Waals surface area contributed by atoms with E-state index in [4.69, 9.17) is 4.74 Å². The third-order valence-electron chi connectivity index (χ3n) is 5.42. The van der Waals surface area contributed by atoms with Crippen molar-refractivity contribution in [2.75, 3.05) is 19.7 Å². The topological polar surface area (TPSA) is 29.5 Å². The summed E-state index contributed by atoms with van der Waals surface area (Å²) in [6.07, 6.45) is -0.159. The minimum Gasteiger partial charge on any atom is -0.367 e. The lowest BCUT2D eigenvalue weighted by atomic mass is 10.0. The first-order valence-electron chi connectivity index (χ1n) is 10.5. The summed E-state index contributed by atoms with van der Waals surface area (Å²) in [7, 11) is 0. The maximum absolute atomic E-state index is 13.2. The van der Waals surface area contributed by atoms with Crippen molar-refractivity contribution in [3.05, 3.63) is 119 Å². The number of carbonyl (C=O) groups is 1. The van der Waals surface area contributed by atoms with Gasteiger partial charge in [-0.3, -0.25) is 4.79 Å². The van der Waals surface area contributed by atoms with Gasteiger partial charge in [0.1, 0.15) is 11.4 Å². The maximum atomic E-state index is 13.2. The lowest BCUT2D eigenvalue weighted by Crippen LogP contribution is -2.41. The van der Waals surface area contributed by atoms with Crippen LogP contribution >= 0.6 is 11.8 Å². The van der Waals surface area contributed by atoms with Crippen molar-refractivity contribution in [2.24, 2.45) is 0 Å². The quantitative estimate of drug-likeness (QED) is 0.466. The van der Waals surface area contributed by atoms with Crippen LogP contribution in [0.1, 0.15) is 33.6 Å². The summed E-state index contributed by atoms with van der Waals surface area (Å²) in [5.41, 5.74) is 4.43. The summed E-state index contributed by atoms with van der Waals surface area (Å²) in [5.74, 6) is 0.126. The Morgan fingerprint density at radius 3 is 2.13 bits per heavy atom. The van der Waals surface area contributed by atoms with Crippen LogP contribution in [-0.4, -0.2) is 30.5 Å². The zero-order chi connectivity index (χ0) is 21.6. The van der Waals surface area contributed by atoms with Crippen LogP contribution in [0.25, 0.3) is 0 Å². The predicted octanol–water partition coefficient (Wildman–Crippen LogP) is 5.93. The van der Waals surface area contributed by atoms with Gasteiger partial charge in [-0.1, -0.05) is 97.1 Å². The zero-order valence-electron chi connectivity index (χ0n) is 17.7. The molecule has 31 heavy (non-hydrogen) atoms. The van der Waals surface area contributed by atoms with E-state index in [9.17, 15) is 4.79 Å². The lowest BCUT2D eigenvalue weighted by Gasteiger charge is -2.33. The van der Waals surface area contributed by atoms with E-state index in [1.807, 2.05) is 53.4 Å². The first kappa shape index (κ1) is 21.4. The number of amides is 1. The van der Waals surface area contributed by atoms with Crippen molar-refractivity contribution < 1.29 is 9.53 Å². The van der Waals surface area contributed by atoms with E-state index in [0.29, 0.717) is 19.7 Å². The first-order chi connectivity index (χ1) is 15.1. The second kappa shape index (κ2) is 9.99. The highest BCUT2D eigenvalue weighted by molar-refractivity contribution is 8.04. The van der Waals surface area contributed by atoms with Gasteiger partial charge in [-0.2, -0.15) is 0 Å². The Morgan fingerprint density at radius 2 is 1.55 bits per heavy atom. The van der Waals surface area contributed by atoms with Crippen molar-refractivity contribution >= 4 is 17.7 Å². The Labute approximate surface area is 188 Å². The molecular formula is C27H27NO2S. The van der Waals surface area contributed by atoms with E-state index in [2.05, 4.69) is 49.9 Å². The number of hydrogen-bond acceptors (Lipinski definition) is 3. The highest BCUT2D eigenvalue weighted by Gasteiger charge is 2.32. The number of nitrogens with zero attached hydrogens (tertiary/aromatic N) is 1. The summed E-state index contributed by atoms with van der Waals surface area (Å²) >= 11 is 1.56. The molecule has 1 heterocycles. The number of hydrogen-bond donors (Lipinski definition) is 0. The van der Waals surface area contributed by atoms with Gasteiger partial charge in [0.05, 0.1) is 13.2 Å². The molecular weight excluding hydrogens is 402 g/mol. The molecule has 1 aliphatic heterocycles. The zero-order valence-corrected chi connectivity index (χ0v) is 18.6. The van der Waals surface area contributed by atoms with Crippen LogP contribution in [-0.2, 0) is 9.53 Å². The van der Waals surface area contributed by atoms with E-state index in [1.165, 1.54) is 5.56 Å². The lowest BCUT2D eigenvalue weighted by molar-refractivity contribution is -0.131. The maximum Gasteiger partial charge on any atom is 0.240 e. The van der Waals surface area contributed by atoms with Crippen molar-refractivity contribution in [3.8, 4) is 0 Å². The molecule has 1 amide bonds. The monoisotopic (exact) mass is 429 g/mol. The average molecular weight is 430 g/mol. The van der Waals surface area contributed by atoms with Gasteiger partial charge < -0.3 is 9.64 Å². The van der Waals surface area contributed by atoms with E-state index in [0.717, 1.165) is 21.6 Å². The fourth-order valence-corrected chi connectivity index (χ4v) is 4.88. The largest absolute Gasteiger partial charge is 0.367 e. The van der Waals surface area contributed by atoms with Gasteiger partial charge in [-0.05, 0) is 28.5 Å². The Kier molecular flexibility index (Phi) is 6.90. The van der Waals surface area contributed by atoms with E-state index >= 15 is 0 Å². The van der Waals surface area contributed by atoms with Crippen LogP contribution < -0.4 is 0 Å². The second-order valence-electron chi connectivity index (χ2n) is 7.78. The third kappa shape index (κ3) is 5.27. The molecule has 1 unspecified atom stereocenters. The van der Waals surface area contributed by atoms with Gasteiger partial charge in [-0.15, -0.1) is 11.8 Å². The Hall–Kier alpha value is -2.82. The number of rotatable bonds is 7. The predicted molar refractivity (Wildman–Crippen MR) is 128 cm³/mol. The van der Waals surface area contributed by atoms with Gasteiger partial charge >= 0.3 is 0 Å². The van der Waals surface area contributed by atoms with Crippen LogP contribution in [0.15, 0.2) is 96.4 Å². The van der Waals surface area contributed by atoms with Crippen molar-refractivity contribution in [2.45, 2.75) is 18.3 Å². The van der Waals surface area contributed by atoms with Crippen molar-refractivity contribution in [1.82, 2.24) is 4.90 Å². The van der Waals surface area contributed by atoms with Gasteiger partial charge in [0.15, 0.2) is 0 Å². The molecule has 0 bridgehead atoms. The minimum absolute atomic E-state index is 0.126.